The number of fused-ring (bicyclic) bond motifs is 7. The number of aromatic nitrogens is 1. The Morgan fingerprint density at radius 3 is 1.00 bits per heavy atom. The van der Waals surface area contributed by atoms with Gasteiger partial charge in [-0.1, -0.05) is 335 Å². The van der Waals surface area contributed by atoms with Crippen LogP contribution in [0.5, 0.6) is 0 Å². The summed E-state index contributed by atoms with van der Waals surface area (Å²) in [5.41, 5.74) is 37.2. The van der Waals surface area contributed by atoms with Gasteiger partial charge in [0.05, 0.1) is 16.7 Å². The molecule has 0 saturated heterocycles. The molecule has 20 rings (SSSR count). The minimum Gasteiger partial charge on any atom is -0.310 e. The van der Waals surface area contributed by atoms with Gasteiger partial charge in [0.25, 0.3) is 0 Å². The molecule has 2 aliphatic heterocycles. The van der Waals surface area contributed by atoms with Crippen molar-refractivity contribution in [1.29, 1.82) is 0 Å². The van der Waals surface area contributed by atoms with Crippen molar-refractivity contribution in [3.05, 3.63) is 406 Å². The molecule has 18 aromatic rings. The van der Waals surface area contributed by atoms with Gasteiger partial charge in [-0.2, -0.15) is 0 Å². The lowest BCUT2D eigenvalue weighted by atomic mass is 9.34. The highest BCUT2D eigenvalue weighted by molar-refractivity contribution is 8.00. The Morgan fingerprint density at radius 1 is 0.255 bits per heavy atom. The number of hydrogen-bond donors (Lipinski definition) is 0. The number of nitrogens with zero attached hydrogens (tertiary/aromatic N) is 2. The van der Waals surface area contributed by atoms with Gasteiger partial charge in [0.2, 0.25) is 6.71 Å². The van der Waals surface area contributed by atoms with Crippen LogP contribution in [0.1, 0.15) is 26.3 Å². The minimum absolute atomic E-state index is 0.245. The third-order valence-electron chi connectivity index (χ3n) is 22.5. The summed E-state index contributed by atoms with van der Waals surface area (Å²) in [6.45, 7) is 6.92. The van der Waals surface area contributed by atoms with Gasteiger partial charge in [0, 0.05) is 48.8 Å². The normalized spacial score (nSPS) is 12.2. The molecule has 1 aromatic heterocycles. The van der Waals surface area contributed by atoms with Crippen molar-refractivity contribution in [3.63, 3.8) is 0 Å². The van der Waals surface area contributed by atoms with E-state index in [-0.39, 0.29) is 12.1 Å². The van der Waals surface area contributed by atoms with Gasteiger partial charge in [-0.25, -0.2) is 0 Å². The van der Waals surface area contributed by atoms with Crippen molar-refractivity contribution in [2.45, 2.75) is 36.0 Å². The summed E-state index contributed by atoms with van der Waals surface area (Å²) >= 11 is 1.95. The molecule has 0 saturated carbocycles. The van der Waals surface area contributed by atoms with Crippen LogP contribution in [0, 0.1) is 0 Å². The summed E-state index contributed by atoms with van der Waals surface area (Å²) in [5.74, 6) is 0. The third-order valence-corrected chi connectivity index (χ3v) is 23.7. The molecule has 0 N–H and O–H groups in total. The van der Waals surface area contributed by atoms with Crippen molar-refractivity contribution < 1.29 is 0 Å². The molecule has 17 aromatic carbocycles. The molecule has 0 amide bonds. The van der Waals surface area contributed by atoms with Gasteiger partial charge in [-0.05, 0) is 236 Å². The van der Waals surface area contributed by atoms with Crippen LogP contribution in [0.4, 0.5) is 17.1 Å². The van der Waals surface area contributed by atoms with E-state index >= 15 is 0 Å². The summed E-state index contributed by atoms with van der Waals surface area (Å²) in [6, 6.07) is 150. The largest absolute Gasteiger partial charge is 0.310 e. The Bertz CT molecular complexity index is 6260. The van der Waals surface area contributed by atoms with Gasteiger partial charge in [0.1, 0.15) is 0 Å². The first kappa shape index (κ1) is 66.2. The monoisotopic (exact) mass is 1420 g/mol. The molecule has 0 spiro atoms. The second-order valence-corrected chi connectivity index (χ2v) is 31.4. The quantitative estimate of drug-likeness (QED) is 0.106. The SMILES string of the molecule is CC(C)(C)c1cc2c3c(c1)N(c1c(-c4ccccc4)cc(-c4ccccc4)cc1-c1ccccc1)c1cc(-n4c5ccc(-c6ccccc6)cc5c5cc(-c6ccccc6)ccc54)ccc1B3c1cc(-c3cc(-c4ccccc4)cc(-c4ccccc4)c3)cc(-c3cc(-c4ccccc4)cc(-c4ccccc4)c3)c1S2. The molecule has 0 aliphatic carbocycles. The highest BCUT2D eigenvalue weighted by Crippen LogP contribution is 2.54. The van der Waals surface area contributed by atoms with Crippen molar-refractivity contribution in [2.75, 3.05) is 4.90 Å². The van der Waals surface area contributed by atoms with Crippen molar-refractivity contribution in [2.24, 2.45) is 0 Å². The van der Waals surface area contributed by atoms with Gasteiger partial charge in [-0.3, -0.25) is 0 Å². The van der Waals surface area contributed by atoms with E-state index in [4.69, 9.17) is 0 Å². The molecular weight excluding hydrogens is 1340 g/mol. The van der Waals surface area contributed by atoms with E-state index in [1.54, 1.807) is 0 Å². The van der Waals surface area contributed by atoms with Crippen LogP contribution in [0.25, 0.3) is 150 Å². The predicted octanol–water partition coefficient (Wildman–Crippen LogP) is 27.2. The zero-order valence-corrected chi connectivity index (χ0v) is 62.3. The van der Waals surface area contributed by atoms with E-state index < -0.39 is 0 Å². The van der Waals surface area contributed by atoms with Gasteiger partial charge >= 0.3 is 0 Å². The Hall–Kier alpha value is -13.2. The zero-order chi connectivity index (χ0) is 73.4. The highest BCUT2D eigenvalue weighted by atomic mass is 32.2. The van der Waals surface area contributed by atoms with E-state index in [1.165, 1.54) is 121 Å². The van der Waals surface area contributed by atoms with E-state index in [9.17, 15) is 0 Å². The smallest absolute Gasteiger partial charge is 0.249 e. The Morgan fingerprint density at radius 2 is 0.600 bits per heavy atom. The van der Waals surface area contributed by atoms with Gasteiger partial charge < -0.3 is 9.47 Å². The molecule has 4 heteroatoms. The molecule has 0 fully saturated rings. The first-order chi connectivity index (χ1) is 54.2. The summed E-state index contributed by atoms with van der Waals surface area (Å²) in [4.78, 5) is 5.23. The van der Waals surface area contributed by atoms with Crippen molar-refractivity contribution in [3.8, 4) is 128 Å². The first-order valence-electron chi connectivity index (χ1n) is 38.2. The van der Waals surface area contributed by atoms with Crippen LogP contribution in [0.2, 0.25) is 0 Å². The lowest BCUT2D eigenvalue weighted by Gasteiger charge is -2.43. The van der Waals surface area contributed by atoms with E-state index in [2.05, 4.69) is 431 Å². The molecule has 0 bridgehead atoms. The molecule has 110 heavy (non-hydrogen) atoms. The lowest BCUT2D eigenvalue weighted by Crippen LogP contribution is -2.60. The maximum absolute atomic E-state index is 2.72. The summed E-state index contributed by atoms with van der Waals surface area (Å²) < 4.78 is 2.54. The van der Waals surface area contributed by atoms with Crippen LogP contribution in [0.3, 0.4) is 0 Å². The average Bonchev–Trinajstić information content (AvgIpc) is 0.744. The Balaban J connectivity index is 0.923. The molecule has 3 heterocycles. The molecule has 518 valence electrons. The van der Waals surface area contributed by atoms with Crippen LogP contribution < -0.4 is 21.3 Å². The Labute approximate surface area is 648 Å². The molecule has 0 radical (unpaired) electrons. The van der Waals surface area contributed by atoms with Crippen molar-refractivity contribution >= 4 is 73.7 Å². The molecule has 2 nitrogen and oxygen atoms in total. The van der Waals surface area contributed by atoms with Crippen LogP contribution >= 0.6 is 11.8 Å². The third kappa shape index (κ3) is 12.0. The summed E-state index contributed by atoms with van der Waals surface area (Å²) in [7, 11) is 0. The summed E-state index contributed by atoms with van der Waals surface area (Å²) in [5, 5.41) is 2.40. The average molecular weight is 1420 g/mol. The van der Waals surface area contributed by atoms with E-state index in [0.29, 0.717) is 0 Å². The fourth-order valence-electron chi connectivity index (χ4n) is 17.1. The fraction of sp³-hybridized carbons (Fsp3) is 0.0377. The molecule has 0 unspecified atom stereocenters. The van der Waals surface area contributed by atoms with Crippen LogP contribution in [0.15, 0.2) is 410 Å². The lowest BCUT2D eigenvalue weighted by molar-refractivity contribution is 0.589. The summed E-state index contributed by atoms with van der Waals surface area (Å²) in [6.07, 6.45) is 0. The minimum atomic E-state index is -0.265. The predicted molar refractivity (Wildman–Crippen MR) is 469 cm³/mol. The number of benzene rings is 17. The van der Waals surface area contributed by atoms with Gasteiger partial charge in [0.15, 0.2) is 0 Å². The van der Waals surface area contributed by atoms with E-state index in [0.717, 1.165) is 78.2 Å². The maximum Gasteiger partial charge on any atom is 0.249 e. The standard InChI is InChI=1S/C106H75BN2S/c1-106(2,3)89-67-101-103-102(68-89)110-105-93(88-59-83(74-39-21-8-22-40-74)56-84(60-88)75-41-23-9-24-42-75)65-87(85-57-81(72-35-17-6-18-36-72)55-82(58-85)73-37-19-7-20-38-73)66-97(105)107(103)96-52-51-90(108-98-53-49-79(70-31-13-4-14-32-70)61-94(98)95-62-80(50-54-99(95)108)71-33-15-5-16-34-71)69-100(96)109(101)104-91(77-45-27-11-28-46-77)63-86(76-43-25-10-26-44-76)64-92(104)78-47-29-12-30-48-78/h4-69H,1-3H3. The maximum atomic E-state index is 2.72. The Kier molecular flexibility index (Phi) is 16.6. The number of hydrogen-bond acceptors (Lipinski definition) is 2. The fourth-order valence-corrected chi connectivity index (χ4v) is 18.4. The van der Waals surface area contributed by atoms with Crippen molar-refractivity contribution in [1.82, 2.24) is 4.57 Å². The highest BCUT2D eigenvalue weighted by Gasteiger charge is 2.44. The van der Waals surface area contributed by atoms with E-state index in [1.807, 2.05) is 11.8 Å². The van der Waals surface area contributed by atoms with Crippen LogP contribution in [-0.2, 0) is 5.41 Å². The molecule has 0 atom stereocenters. The zero-order valence-electron chi connectivity index (χ0n) is 61.5. The number of anilines is 3. The molecule has 2 aliphatic rings. The first-order valence-corrected chi connectivity index (χ1v) is 39.0. The topological polar surface area (TPSA) is 8.17 Å². The second-order valence-electron chi connectivity index (χ2n) is 30.3. The number of rotatable bonds is 13. The van der Waals surface area contributed by atoms with Gasteiger partial charge in [-0.15, -0.1) is 0 Å². The van der Waals surface area contributed by atoms with Crippen LogP contribution in [-0.4, -0.2) is 11.3 Å². The second kappa shape index (κ2) is 27.5. The molecular formula is C106H75BN2S.